The van der Waals surface area contributed by atoms with Gasteiger partial charge >= 0.3 is 0 Å². The second-order valence-corrected chi connectivity index (χ2v) is 4.93. The van der Waals surface area contributed by atoms with Crippen molar-refractivity contribution in [3.63, 3.8) is 0 Å². The monoisotopic (exact) mass is 272 g/mol. The molecular formula is C17H24N2O. The Morgan fingerprint density at radius 3 is 2.85 bits per heavy atom. The minimum atomic E-state index is 0.324. The summed E-state index contributed by atoms with van der Waals surface area (Å²) in [4.78, 5) is 4.44. The Morgan fingerprint density at radius 2 is 2.05 bits per heavy atom. The van der Waals surface area contributed by atoms with Gasteiger partial charge in [0.25, 0.3) is 0 Å². The number of benzene rings is 1. The molecule has 2 aromatic rings. The number of nitrogens with one attached hydrogen (secondary N) is 1. The van der Waals surface area contributed by atoms with Gasteiger partial charge in [-0.25, -0.2) is 0 Å². The first-order valence-electron chi connectivity index (χ1n) is 7.51. The molecule has 1 aromatic heterocycles. The van der Waals surface area contributed by atoms with E-state index in [1.165, 1.54) is 10.9 Å². The van der Waals surface area contributed by atoms with E-state index < -0.39 is 0 Å². The summed E-state index contributed by atoms with van der Waals surface area (Å²) in [6.45, 7) is 6.87. The van der Waals surface area contributed by atoms with Crippen molar-refractivity contribution in [1.29, 1.82) is 0 Å². The normalized spacial score (nSPS) is 12.7. The average Bonchev–Trinajstić information content (AvgIpc) is 2.50. The number of rotatable bonds is 8. The smallest absolute Gasteiger partial charge is 0.0705 e. The second-order valence-electron chi connectivity index (χ2n) is 4.93. The van der Waals surface area contributed by atoms with Crippen LogP contribution in [0, 0.1) is 0 Å². The highest BCUT2D eigenvalue weighted by atomic mass is 16.5. The quantitative estimate of drug-likeness (QED) is 0.744. The molecule has 0 saturated carbocycles. The number of nitrogens with zero attached hydrogens (tertiary/aromatic N) is 1. The summed E-state index contributed by atoms with van der Waals surface area (Å²) in [6.07, 6.45) is 3.91. The van der Waals surface area contributed by atoms with Gasteiger partial charge < -0.3 is 10.1 Å². The van der Waals surface area contributed by atoms with Crippen LogP contribution in [0.3, 0.4) is 0 Å². The predicted molar refractivity (Wildman–Crippen MR) is 83.9 cm³/mol. The fraction of sp³-hybridized carbons (Fsp3) is 0.471. The maximum absolute atomic E-state index is 5.64. The van der Waals surface area contributed by atoms with Crippen molar-refractivity contribution in [3.05, 3.63) is 42.1 Å². The average molecular weight is 272 g/mol. The Morgan fingerprint density at radius 1 is 1.15 bits per heavy atom. The van der Waals surface area contributed by atoms with Crippen LogP contribution in [0.25, 0.3) is 10.9 Å². The summed E-state index contributed by atoms with van der Waals surface area (Å²) < 4.78 is 5.64. The first-order chi connectivity index (χ1) is 9.86. The highest BCUT2D eigenvalue weighted by Crippen LogP contribution is 2.25. The molecule has 1 atom stereocenters. The number of ether oxygens (including phenoxy) is 1. The number of fused-ring (bicyclic) bond motifs is 1. The topological polar surface area (TPSA) is 34.1 Å². The van der Waals surface area contributed by atoms with E-state index in [9.17, 15) is 0 Å². The summed E-state index contributed by atoms with van der Waals surface area (Å²) in [6, 6.07) is 10.8. The molecule has 1 unspecified atom stereocenters. The minimum Gasteiger partial charge on any atom is -0.381 e. The predicted octanol–water partition coefficient (Wildman–Crippen LogP) is 3.70. The fourth-order valence-electron chi connectivity index (χ4n) is 2.49. The molecule has 0 aliphatic carbocycles. The van der Waals surface area contributed by atoms with Crippen molar-refractivity contribution in [1.82, 2.24) is 10.3 Å². The Kier molecular flexibility index (Phi) is 5.96. The summed E-state index contributed by atoms with van der Waals surface area (Å²) >= 11 is 0. The van der Waals surface area contributed by atoms with E-state index in [4.69, 9.17) is 4.74 Å². The third-order valence-corrected chi connectivity index (χ3v) is 3.40. The molecule has 3 heteroatoms. The zero-order chi connectivity index (χ0) is 14.2. The van der Waals surface area contributed by atoms with Crippen molar-refractivity contribution < 1.29 is 4.74 Å². The van der Waals surface area contributed by atoms with E-state index in [1.807, 2.05) is 12.3 Å². The standard InChI is InChI=1S/C17H24N2O/c1-3-12-20-13-10-17(18-4-2)14-7-5-9-16-15(14)8-6-11-19-16/h5-9,11,17-18H,3-4,10,12-13H2,1-2H3. The van der Waals surface area contributed by atoms with Gasteiger partial charge in [0.2, 0.25) is 0 Å². The molecule has 1 N–H and O–H groups in total. The van der Waals surface area contributed by atoms with E-state index in [-0.39, 0.29) is 0 Å². The third-order valence-electron chi connectivity index (χ3n) is 3.40. The van der Waals surface area contributed by atoms with Crippen LogP contribution < -0.4 is 5.32 Å². The van der Waals surface area contributed by atoms with E-state index in [1.54, 1.807) is 0 Å². The van der Waals surface area contributed by atoms with Gasteiger partial charge in [-0.3, -0.25) is 4.98 Å². The second kappa shape index (κ2) is 7.98. The molecule has 0 amide bonds. The van der Waals surface area contributed by atoms with E-state index in [0.29, 0.717) is 6.04 Å². The largest absolute Gasteiger partial charge is 0.381 e. The highest BCUT2D eigenvalue weighted by Gasteiger charge is 2.13. The van der Waals surface area contributed by atoms with Crippen LogP contribution in [0.5, 0.6) is 0 Å². The zero-order valence-electron chi connectivity index (χ0n) is 12.4. The minimum absolute atomic E-state index is 0.324. The Balaban J connectivity index is 2.18. The van der Waals surface area contributed by atoms with E-state index in [2.05, 4.69) is 48.4 Å². The molecule has 0 spiro atoms. The van der Waals surface area contributed by atoms with Gasteiger partial charge in [0.1, 0.15) is 0 Å². The van der Waals surface area contributed by atoms with Crippen LogP contribution in [0.2, 0.25) is 0 Å². The summed E-state index contributed by atoms with van der Waals surface area (Å²) in [5, 5.41) is 4.79. The molecule has 20 heavy (non-hydrogen) atoms. The van der Waals surface area contributed by atoms with Crippen molar-refractivity contribution in [2.75, 3.05) is 19.8 Å². The first-order valence-corrected chi connectivity index (χ1v) is 7.51. The van der Waals surface area contributed by atoms with Crippen molar-refractivity contribution in [2.45, 2.75) is 32.7 Å². The van der Waals surface area contributed by atoms with Crippen molar-refractivity contribution in [3.8, 4) is 0 Å². The molecule has 0 aliphatic rings. The maximum atomic E-state index is 5.64. The van der Waals surface area contributed by atoms with Gasteiger partial charge in [0, 0.05) is 30.8 Å². The molecule has 0 radical (unpaired) electrons. The lowest BCUT2D eigenvalue weighted by atomic mass is 9.99. The molecule has 1 aromatic carbocycles. The van der Waals surface area contributed by atoms with Gasteiger partial charge in [-0.1, -0.05) is 32.0 Å². The zero-order valence-corrected chi connectivity index (χ0v) is 12.4. The van der Waals surface area contributed by atoms with Crippen LogP contribution in [-0.2, 0) is 4.74 Å². The Bertz CT molecular complexity index is 522. The SMILES string of the molecule is CCCOCCC(NCC)c1cccc2ncccc12. The Hall–Kier alpha value is -1.45. The molecule has 0 aliphatic heterocycles. The molecule has 0 saturated heterocycles. The van der Waals surface area contributed by atoms with Crippen LogP contribution in [-0.4, -0.2) is 24.7 Å². The van der Waals surface area contributed by atoms with E-state index in [0.717, 1.165) is 38.1 Å². The molecule has 0 bridgehead atoms. The van der Waals surface area contributed by atoms with Crippen LogP contribution in [0.1, 0.15) is 38.3 Å². The lowest BCUT2D eigenvalue weighted by Crippen LogP contribution is -2.22. The fourth-order valence-corrected chi connectivity index (χ4v) is 2.49. The van der Waals surface area contributed by atoms with Crippen molar-refractivity contribution in [2.24, 2.45) is 0 Å². The Labute approximate surface area is 121 Å². The van der Waals surface area contributed by atoms with Gasteiger partial charge in [0.05, 0.1) is 5.52 Å². The molecular weight excluding hydrogens is 248 g/mol. The van der Waals surface area contributed by atoms with Crippen LogP contribution in [0.15, 0.2) is 36.5 Å². The highest BCUT2D eigenvalue weighted by molar-refractivity contribution is 5.82. The van der Waals surface area contributed by atoms with Crippen LogP contribution in [0.4, 0.5) is 0 Å². The van der Waals surface area contributed by atoms with Gasteiger partial charge in [-0.05, 0) is 37.1 Å². The summed E-state index contributed by atoms with van der Waals surface area (Å²) in [5.74, 6) is 0. The summed E-state index contributed by atoms with van der Waals surface area (Å²) in [5.41, 5.74) is 2.37. The summed E-state index contributed by atoms with van der Waals surface area (Å²) in [7, 11) is 0. The van der Waals surface area contributed by atoms with Crippen LogP contribution >= 0.6 is 0 Å². The number of aromatic nitrogens is 1. The number of pyridine rings is 1. The lowest BCUT2D eigenvalue weighted by Gasteiger charge is -2.20. The first kappa shape index (κ1) is 14.9. The van der Waals surface area contributed by atoms with Gasteiger partial charge in [-0.15, -0.1) is 0 Å². The molecule has 108 valence electrons. The molecule has 3 nitrogen and oxygen atoms in total. The van der Waals surface area contributed by atoms with Crippen molar-refractivity contribution >= 4 is 10.9 Å². The number of hydrogen-bond acceptors (Lipinski definition) is 3. The number of hydrogen-bond donors (Lipinski definition) is 1. The van der Waals surface area contributed by atoms with Gasteiger partial charge in [0.15, 0.2) is 0 Å². The molecule has 2 rings (SSSR count). The molecule has 1 heterocycles. The van der Waals surface area contributed by atoms with E-state index >= 15 is 0 Å². The van der Waals surface area contributed by atoms with Gasteiger partial charge in [-0.2, -0.15) is 0 Å². The maximum Gasteiger partial charge on any atom is 0.0705 e. The molecule has 0 fully saturated rings. The third kappa shape index (κ3) is 3.78. The lowest BCUT2D eigenvalue weighted by molar-refractivity contribution is 0.125.